The molecule has 0 spiro atoms. The van der Waals surface area contributed by atoms with Gasteiger partial charge in [-0.25, -0.2) is 9.37 Å². The lowest BCUT2D eigenvalue weighted by atomic mass is 9.96. The fourth-order valence-electron chi connectivity index (χ4n) is 2.84. The molecular weight excluding hydrogens is 381 g/mol. The normalized spacial score (nSPS) is 10.5. The zero-order valence-electron chi connectivity index (χ0n) is 13.8. The Kier molecular flexibility index (Phi) is 4.56. The van der Waals surface area contributed by atoms with Crippen LogP contribution < -0.4 is 5.73 Å². The predicted molar refractivity (Wildman–Crippen MR) is 101 cm³/mol. The Labute approximate surface area is 154 Å². The van der Waals surface area contributed by atoms with Gasteiger partial charge in [-0.2, -0.15) is 5.26 Å². The molecule has 0 bridgehead atoms. The minimum Gasteiger partial charge on any atom is -0.383 e. The minimum absolute atomic E-state index is 0.0920. The second-order valence-corrected chi connectivity index (χ2v) is 6.79. The van der Waals surface area contributed by atoms with Gasteiger partial charge in [0.05, 0.1) is 5.69 Å². The number of nitrogens with zero attached hydrogens (tertiary/aromatic N) is 2. The number of aromatic nitrogens is 1. The molecule has 0 aliphatic heterocycles. The summed E-state index contributed by atoms with van der Waals surface area (Å²) in [6.07, 6.45) is 0. The minimum atomic E-state index is -0.420. The number of anilines is 1. The van der Waals surface area contributed by atoms with Crippen LogP contribution in [0.2, 0.25) is 0 Å². The molecule has 124 valence electrons. The van der Waals surface area contributed by atoms with Gasteiger partial charge in [0.25, 0.3) is 0 Å². The van der Waals surface area contributed by atoms with Crippen molar-refractivity contribution in [3.05, 3.63) is 69.4 Å². The molecule has 3 nitrogen and oxygen atoms in total. The summed E-state index contributed by atoms with van der Waals surface area (Å²) in [5.41, 5.74) is 10.6. The topological polar surface area (TPSA) is 62.7 Å². The van der Waals surface area contributed by atoms with Gasteiger partial charge >= 0.3 is 0 Å². The Hall–Kier alpha value is -2.71. The van der Waals surface area contributed by atoms with Crippen molar-refractivity contribution in [2.75, 3.05) is 5.73 Å². The maximum Gasteiger partial charge on any atom is 0.142 e. The van der Waals surface area contributed by atoms with E-state index >= 15 is 0 Å². The van der Waals surface area contributed by atoms with Crippen molar-refractivity contribution in [1.29, 1.82) is 5.26 Å². The Morgan fingerprint density at radius 2 is 1.80 bits per heavy atom. The highest BCUT2D eigenvalue weighted by molar-refractivity contribution is 9.10. The summed E-state index contributed by atoms with van der Waals surface area (Å²) in [7, 11) is 0. The first kappa shape index (κ1) is 17.1. The average Bonchev–Trinajstić information content (AvgIpc) is 2.56. The molecule has 0 atom stereocenters. The van der Waals surface area contributed by atoms with Gasteiger partial charge in [0.15, 0.2) is 0 Å². The van der Waals surface area contributed by atoms with E-state index in [9.17, 15) is 9.65 Å². The van der Waals surface area contributed by atoms with Gasteiger partial charge in [-0.1, -0.05) is 39.7 Å². The highest BCUT2D eigenvalue weighted by Crippen LogP contribution is 2.34. The standard InChI is InChI=1S/C20H15BrFN3/c1-11-3-5-14(12(2)7-11)19-9-15(17(10-23)20(24)25-19)16-8-13(21)4-6-18(16)22/h3-9H,1-2H3,(H2,24,25). The summed E-state index contributed by atoms with van der Waals surface area (Å²) < 4.78 is 15.1. The van der Waals surface area contributed by atoms with Gasteiger partial charge in [-0.15, -0.1) is 0 Å². The summed E-state index contributed by atoms with van der Waals surface area (Å²) >= 11 is 3.35. The maximum absolute atomic E-state index is 14.4. The monoisotopic (exact) mass is 395 g/mol. The van der Waals surface area contributed by atoms with E-state index in [1.165, 1.54) is 6.07 Å². The van der Waals surface area contributed by atoms with Crippen LogP contribution in [-0.4, -0.2) is 4.98 Å². The van der Waals surface area contributed by atoms with Crippen LogP contribution in [0.4, 0.5) is 10.2 Å². The maximum atomic E-state index is 14.4. The number of benzene rings is 2. The number of hydrogen-bond donors (Lipinski definition) is 1. The number of pyridine rings is 1. The van der Waals surface area contributed by atoms with Crippen LogP contribution >= 0.6 is 15.9 Å². The van der Waals surface area contributed by atoms with E-state index in [4.69, 9.17) is 5.73 Å². The number of nitriles is 1. The average molecular weight is 396 g/mol. The first-order chi connectivity index (χ1) is 11.9. The van der Waals surface area contributed by atoms with Crippen LogP contribution in [0.5, 0.6) is 0 Å². The molecule has 25 heavy (non-hydrogen) atoms. The SMILES string of the molecule is Cc1ccc(-c2cc(-c3cc(Br)ccc3F)c(C#N)c(N)n2)c(C)c1. The van der Waals surface area contributed by atoms with Gasteiger partial charge < -0.3 is 5.73 Å². The van der Waals surface area contributed by atoms with Crippen molar-refractivity contribution in [2.45, 2.75) is 13.8 Å². The van der Waals surface area contributed by atoms with Gasteiger partial charge in [-0.3, -0.25) is 0 Å². The first-order valence-corrected chi connectivity index (χ1v) is 8.43. The van der Waals surface area contributed by atoms with E-state index in [0.29, 0.717) is 16.8 Å². The lowest BCUT2D eigenvalue weighted by molar-refractivity contribution is 0.631. The number of halogens is 2. The molecule has 2 aromatic carbocycles. The van der Waals surface area contributed by atoms with Crippen LogP contribution in [0.25, 0.3) is 22.4 Å². The quantitative estimate of drug-likeness (QED) is 0.632. The Morgan fingerprint density at radius 1 is 1.04 bits per heavy atom. The number of nitrogen functional groups attached to an aromatic ring is 1. The summed E-state index contributed by atoms with van der Waals surface area (Å²) in [5, 5.41) is 9.47. The third-order valence-electron chi connectivity index (χ3n) is 4.04. The van der Waals surface area contributed by atoms with E-state index in [1.54, 1.807) is 18.2 Å². The second kappa shape index (κ2) is 6.66. The van der Waals surface area contributed by atoms with Gasteiger partial charge in [0, 0.05) is 21.2 Å². The molecule has 2 N–H and O–H groups in total. The number of aryl methyl sites for hydroxylation is 2. The summed E-state index contributed by atoms with van der Waals surface area (Å²) in [5.74, 6) is -0.328. The van der Waals surface area contributed by atoms with Crippen LogP contribution in [0.3, 0.4) is 0 Å². The molecule has 5 heteroatoms. The van der Waals surface area contributed by atoms with E-state index in [0.717, 1.165) is 21.2 Å². The van der Waals surface area contributed by atoms with Gasteiger partial charge in [-0.05, 0) is 43.7 Å². The molecule has 3 rings (SSSR count). The summed E-state index contributed by atoms with van der Waals surface area (Å²) in [4.78, 5) is 4.36. The third kappa shape index (κ3) is 3.26. The van der Waals surface area contributed by atoms with E-state index in [-0.39, 0.29) is 11.4 Å². The highest BCUT2D eigenvalue weighted by atomic mass is 79.9. The molecule has 0 aliphatic carbocycles. The molecule has 0 aliphatic rings. The Balaban J connectivity index is 2.30. The van der Waals surface area contributed by atoms with Crippen LogP contribution in [-0.2, 0) is 0 Å². The van der Waals surface area contributed by atoms with Crippen molar-refractivity contribution < 1.29 is 4.39 Å². The van der Waals surface area contributed by atoms with Crippen molar-refractivity contribution >= 4 is 21.7 Å². The fraction of sp³-hybridized carbons (Fsp3) is 0.100. The Morgan fingerprint density at radius 3 is 2.48 bits per heavy atom. The lowest BCUT2D eigenvalue weighted by Crippen LogP contribution is -2.01. The van der Waals surface area contributed by atoms with Crippen LogP contribution in [0.15, 0.2) is 46.9 Å². The van der Waals surface area contributed by atoms with Crippen molar-refractivity contribution in [2.24, 2.45) is 0 Å². The van der Waals surface area contributed by atoms with Gasteiger partial charge in [0.1, 0.15) is 23.3 Å². The number of rotatable bonds is 2. The molecule has 0 unspecified atom stereocenters. The molecule has 1 aromatic heterocycles. The van der Waals surface area contributed by atoms with Crippen LogP contribution in [0.1, 0.15) is 16.7 Å². The third-order valence-corrected chi connectivity index (χ3v) is 4.53. The first-order valence-electron chi connectivity index (χ1n) is 7.64. The summed E-state index contributed by atoms with van der Waals surface area (Å²) in [6.45, 7) is 4.00. The Bertz CT molecular complexity index is 1020. The van der Waals surface area contributed by atoms with Crippen LogP contribution in [0, 0.1) is 31.0 Å². The second-order valence-electron chi connectivity index (χ2n) is 5.87. The zero-order valence-corrected chi connectivity index (χ0v) is 15.4. The molecular formula is C20H15BrFN3. The molecule has 0 amide bonds. The molecule has 0 saturated heterocycles. The van der Waals surface area contributed by atoms with E-state index < -0.39 is 5.82 Å². The zero-order chi connectivity index (χ0) is 18.1. The van der Waals surface area contributed by atoms with Crippen molar-refractivity contribution in [1.82, 2.24) is 4.98 Å². The molecule has 3 aromatic rings. The van der Waals surface area contributed by atoms with Crippen molar-refractivity contribution in [3.63, 3.8) is 0 Å². The number of hydrogen-bond acceptors (Lipinski definition) is 3. The largest absolute Gasteiger partial charge is 0.383 e. The van der Waals surface area contributed by atoms with E-state index in [1.807, 2.05) is 38.1 Å². The smallest absolute Gasteiger partial charge is 0.142 e. The van der Waals surface area contributed by atoms with E-state index in [2.05, 4.69) is 20.9 Å². The summed E-state index contributed by atoms with van der Waals surface area (Å²) in [6, 6.07) is 14.4. The highest BCUT2D eigenvalue weighted by Gasteiger charge is 2.17. The molecule has 0 radical (unpaired) electrons. The fourth-order valence-corrected chi connectivity index (χ4v) is 3.20. The van der Waals surface area contributed by atoms with Gasteiger partial charge in [0.2, 0.25) is 0 Å². The molecule has 0 fully saturated rings. The number of nitrogens with two attached hydrogens (primary N) is 1. The molecule has 1 heterocycles. The lowest BCUT2D eigenvalue weighted by Gasteiger charge is -2.13. The van der Waals surface area contributed by atoms with Crippen molar-refractivity contribution in [3.8, 4) is 28.5 Å². The molecule has 0 saturated carbocycles. The predicted octanol–water partition coefficient (Wildman–Crippen LogP) is 5.39.